The van der Waals surface area contributed by atoms with Crippen LogP contribution in [0.25, 0.3) is 10.4 Å². The van der Waals surface area contributed by atoms with E-state index in [1.807, 2.05) is 12.1 Å². The van der Waals surface area contributed by atoms with Gasteiger partial charge >= 0.3 is 0 Å². The number of rotatable bonds is 6. The number of aromatic hydroxyl groups is 1. The van der Waals surface area contributed by atoms with Gasteiger partial charge in [0.15, 0.2) is 11.5 Å². The SMILES string of the molecule is CC[C@H]1CCCN1Cc1cc(-c2ccc(O)c(OC)c2)sc1C(N)=O.Cl. The first kappa shape index (κ1) is 20.6. The number of phenolic OH excluding ortho intramolecular Hbond substituents is 1. The van der Waals surface area contributed by atoms with Gasteiger partial charge in [-0.3, -0.25) is 9.69 Å². The second-order valence-corrected chi connectivity index (χ2v) is 7.44. The predicted molar refractivity (Wildman–Crippen MR) is 107 cm³/mol. The Kier molecular flexibility index (Phi) is 6.92. The molecular weight excluding hydrogens is 372 g/mol. The van der Waals surface area contributed by atoms with Gasteiger partial charge in [-0.1, -0.05) is 6.92 Å². The number of hydrogen-bond donors (Lipinski definition) is 2. The van der Waals surface area contributed by atoms with E-state index >= 15 is 0 Å². The summed E-state index contributed by atoms with van der Waals surface area (Å²) in [6, 6.07) is 7.83. The maximum Gasteiger partial charge on any atom is 0.259 e. The molecule has 1 aromatic heterocycles. The summed E-state index contributed by atoms with van der Waals surface area (Å²) in [4.78, 5) is 15.9. The lowest BCUT2D eigenvalue weighted by Crippen LogP contribution is -2.28. The van der Waals surface area contributed by atoms with Gasteiger partial charge in [0.05, 0.1) is 12.0 Å². The lowest BCUT2D eigenvalue weighted by molar-refractivity contribution is 0.100. The number of methoxy groups -OCH3 is 1. The fraction of sp³-hybridized carbons (Fsp3) is 0.421. The number of nitrogens with zero attached hydrogens (tertiary/aromatic N) is 1. The number of phenols is 1. The first-order valence-corrected chi connectivity index (χ1v) is 9.39. The average molecular weight is 397 g/mol. The molecule has 2 aromatic rings. The molecule has 2 heterocycles. The number of nitrogens with two attached hydrogens (primary N) is 1. The van der Waals surface area contributed by atoms with Crippen LogP contribution < -0.4 is 10.5 Å². The van der Waals surface area contributed by atoms with E-state index in [1.54, 1.807) is 12.1 Å². The fourth-order valence-corrected chi connectivity index (χ4v) is 4.53. The zero-order chi connectivity index (χ0) is 18.0. The highest BCUT2D eigenvalue weighted by Gasteiger charge is 2.25. The van der Waals surface area contributed by atoms with E-state index in [-0.39, 0.29) is 24.1 Å². The van der Waals surface area contributed by atoms with Gasteiger partial charge in [0.2, 0.25) is 0 Å². The number of carbonyl (C=O) groups excluding carboxylic acids is 1. The third kappa shape index (κ3) is 4.14. The van der Waals surface area contributed by atoms with Gasteiger partial charge in [-0.25, -0.2) is 0 Å². The van der Waals surface area contributed by atoms with E-state index in [2.05, 4.69) is 11.8 Å². The second kappa shape index (κ2) is 8.75. The van der Waals surface area contributed by atoms with Crippen molar-refractivity contribution < 1.29 is 14.6 Å². The molecular formula is C19H25ClN2O3S. The fourth-order valence-electron chi connectivity index (χ4n) is 3.51. The number of primary amides is 1. The Hall–Kier alpha value is -1.76. The van der Waals surface area contributed by atoms with Gasteiger partial charge in [0, 0.05) is 17.5 Å². The number of likely N-dealkylation sites (tertiary alicyclic amines) is 1. The van der Waals surface area contributed by atoms with Crippen molar-refractivity contribution in [3.05, 3.63) is 34.7 Å². The van der Waals surface area contributed by atoms with Crippen LogP contribution in [0.15, 0.2) is 24.3 Å². The first-order chi connectivity index (χ1) is 12.0. The molecule has 1 fully saturated rings. The number of benzene rings is 1. The molecule has 3 N–H and O–H groups in total. The average Bonchev–Trinajstić information content (AvgIpc) is 3.22. The smallest absolute Gasteiger partial charge is 0.259 e. The second-order valence-electron chi connectivity index (χ2n) is 6.39. The van der Waals surface area contributed by atoms with Crippen LogP contribution in [0.2, 0.25) is 0 Å². The highest BCUT2D eigenvalue weighted by atomic mass is 35.5. The van der Waals surface area contributed by atoms with Crippen LogP contribution in [0.4, 0.5) is 0 Å². The van der Waals surface area contributed by atoms with Gasteiger partial charge in [0.1, 0.15) is 0 Å². The lowest BCUT2D eigenvalue weighted by atomic mass is 10.1. The summed E-state index contributed by atoms with van der Waals surface area (Å²) >= 11 is 1.40. The summed E-state index contributed by atoms with van der Waals surface area (Å²) in [5.74, 6) is 0.129. The molecule has 0 spiro atoms. The standard InChI is InChI=1S/C19H24N2O3S.ClH/c1-3-14-5-4-8-21(14)11-13-10-17(25-18(13)19(20)23)12-6-7-15(22)16(9-12)24-2;/h6-7,9-10,14,22H,3-5,8,11H2,1-2H3,(H2,20,23);1H/t14-;/m0./s1. The van der Waals surface area contributed by atoms with Crippen LogP contribution in [0.3, 0.4) is 0 Å². The van der Waals surface area contributed by atoms with Crippen molar-refractivity contribution in [2.24, 2.45) is 5.73 Å². The van der Waals surface area contributed by atoms with E-state index in [0.29, 0.717) is 16.7 Å². The Balaban J connectivity index is 0.00000243. The van der Waals surface area contributed by atoms with Gasteiger partial charge in [0.25, 0.3) is 5.91 Å². The summed E-state index contributed by atoms with van der Waals surface area (Å²) in [5.41, 5.74) is 7.51. The predicted octanol–water partition coefficient (Wildman–Crippen LogP) is 4.02. The number of ether oxygens (including phenoxy) is 1. The van der Waals surface area contributed by atoms with E-state index in [0.717, 1.165) is 35.5 Å². The number of amides is 1. The molecule has 0 bridgehead atoms. The number of thiophene rings is 1. The summed E-state index contributed by atoms with van der Waals surface area (Å²) in [7, 11) is 1.52. The Bertz CT molecular complexity index is 778. The Labute approximate surface area is 164 Å². The summed E-state index contributed by atoms with van der Waals surface area (Å²) < 4.78 is 5.18. The first-order valence-electron chi connectivity index (χ1n) is 8.57. The highest BCUT2D eigenvalue weighted by molar-refractivity contribution is 7.17. The normalized spacial score (nSPS) is 17.1. The molecule has 1 amide bonds. The van der Waals surface area contributed by atoms with Crippen molar-refractivity contribution in [2.45, 2.75) is 38.8 Å². The van der Waals surface area contributed by atoms with Gasteiger partial charge in [-0.05, 0) is 61.2 Å². The maximum atomic E-state index is 11.9. The van der Waals surface area contributed by atoms with Crippen molar-refractivity contribution in [2.75, 3.05) is 13.7 Å². The molecule has 0 unspecified atom stereocenters. The molecule has 0 aliphatic carbocycles. The molecule has 1 aliphatic rings. The molecule has 142 valence electrons. The zero-order valence-corrected chi connectivity index (χ0v) is 16.7. The Morgan fingerprint density at radius 2 is 2.19 bits per heavy atom. The number of carbonyl (C=O) groups is 1. The van der Waals surface area contributed by atoms with E-state index in [1.165, 1.54) is 31.3 Å². The van der Waals surface area contributed by atoms with E-state index in [4.69, 9.17) is 10.5 Å². The van der Waals surface area contributed by atoms with E-state index in [9.17, 15) is 9.90 Å². The molecule has 26 heavy (non-hydrogen) atoms. The van der Waals surface area contributed by atoms with Crippen LogP contribution in [0.5, 0.6) is 11.5 Å². The molecule has 0 saturated carbocycles. The summed E-state index contributed by atoms with van der Waals surface area (Å²) in [5, 5.41) is 9.77. The molecule has 7 heteroatoms. The van der Waals surface area contributed by atoms with Crippen LogP contribution in [0, 0.1) is 0 Å². The Morgan fingerprint density at radius 3 is 2.85 bits per heavy atom. The third-order valence-electron chi connectivity index (χ3n) is 4.84. The third-order valence-corrected chi connectivity index (χ3v) is 6.08. The molecule has 1 aromatic carbocycles. The van der Waals surface area contributed by atoms with Crippen molar-refractivity contribution >= 4 is 29.7 Å². The molecule has 0 radical (unpaired) electrons. The molecule has 3 rings (SSSR count). The summed E-state index contributed by atoms with van der Waals surface area (Å²) in [6.45, 7) is 4.02. The zero-order valence-electron chi connectivity index (χ0n) is 15.0. The van der Waals surface area contributed by atoms with Crippen LogP contribution >= 0.6 is 23.7 Å². The summed E-state index contributed by atoms with van der Waals surface area (Å²) in [6.07, 6.45) is 3.54. The van der Waals surface area contributed by atoms with Crippen molar-refractivity contribution in [3.8, 4) is 21.9 Å². The topological polar surface area (TPSA) is 75.8 Å². The monoisotopic (exact) mass is 396 g/mol. The van der Waals surface area contributed by atoms with Crippen LogP contribution in [0.1, 0.15) is 41.4 Å². The highest BCUT2D eigenvalue weighted by Crippen LogP contribution is 2.37. The number of halogens is 1. The maximum absolute atomic E-state index is 11.9. The van der Waals surface area contributed by atoms with Crippen molar-refractivity contribution in [3.63, 3.8) is 0 Å². The van der Waals surface area contributed by atoms with Gasteiger partial charge in [-0.2, -0.15) is 0 Å². The lowest BCUT2D eigenvalue weighted by Gasteiger charge is -2.23. The molecule has 1 saturated heterocycles. The quantitative estimate of drug-likeness (QED) is 0.773. The minimum Gasteiger partial charge on any atom is -0.504 e. The molecule has 5 nitrogen and oxygen atoms in total. The van der Waals surface area contributed by atoms with E-state index < -0.39 is 0 Å². The largest absolute Gasteiger partial charge is 0.504 e. The van der Waals surface area contributed by atoms with Crippen molar-refractivity contribution in [1.29, 1.82) is 0 Å². The minimum absolute atomic E-state index is 0. The Morgan fingerprint density at radius 1 is 1.42 bits per heavy atom. The van der Waals surface area contributed by atoms with Gasteiger partial charge in [-0.15, -0.1) is 23.7 Å². The van der Waals surface area contributed by atoms with Crippen LogP contribution in [-0.4, -0.2) is 35.6 Å². The molecule has 1 atom stereocenters. The molecule has 1 aliphatic heterocycles. The van der Waals surface area contributed by atoms with Crippen LogP contribution in [-0.2, 0) is 6.54 Å². The minimum atomic E-state index is -0.385. The van der Waals surface area contributed by atoms with Gasteiger partial charge < -0.3 is 15.6 Å². The van der Waals surface area contributed by atoms with Crippen molar-refractivity contribution in [1.82, 2.24) is 4.90 Å². The number of hydrogen-bond acceptors (Lipinski definition) is 5.